The summed E-state index contributed by atoms with van der Waals surface area (Å²) in [6.07, 6.45) is 4.90. The van der Waals surface area contributed by atoms with Crippen LogP contribution in [0.15, 0.2) is 16.0 Å². The summed E-state index contributed by atoms with van der Waals surface area (Å²) in [5, 5.41) is 10.0. The third-order valence-corrected chi connectivity index (χ3v) is 5.82. The molecule has 5 nitrogen and oxygen atoms in total. The second-order valence-corrected chi connectivity index (χ2v) is 7.81. The molecule has 2 aromatic rings. The van der Waals surface area contributed by atoms with Crippen LogP contribution in [0.3, 0.4) is 0 Å². The highest BCUT2D eigenvalue weighted by Gasteiger charge is 2.30. The molecule has 1 atom stereocenters. The Labute approximate surface area is 141 Å². The molecule has 1 saturated heterocycles. The van der Waals surface area contributed by atoms with Gasteiger partial charge in [0, 0.05) is 29.9 Å². The molecular formula is C17H24N4OS. The minimum Gasteiger partial charge on any atom is -0.339 e. The van der Waals surface area contributed by atoms with Crippen molar-refractivity contribution in [1.82, 2.24) is 20.4 Å². The van der Waals surface area contributed by atoms with Crippen LogP contribution in [0.1, 0.15) is 53.8 Å². The van der Waals surface area contributed by atoms with Crippen LogP contribution in [-0.4, -0.2) is 34.2 Å². The highest BCUT2D eigenvalue weighted by Crippen LogP contribution is 2.38. The van der Waals surface area contributed by atoms with Gasteiger partial charge in [-0.3, -0.25) is 4.90 Å². The van der Waals surface area contributed by atoms with E-state index in [2.05, 4.69) is 38.7 Å². The summed E-state index contributed by atoms with van der Waals surface area (Å²) < 4.78 is 5.36. The van der Waals surface area contributed by atoms with Crippen molar-refractivity contribution in [3.63, 3.8) is 0 Å². The van der Waals surface area contributed by atoms with E-state index in [0.717, 1.165) is 37.9 Å². The number of likely N-dealkylation sites (tertiary alicyclic amines) is 1. The summed E-state index contributed by atoms with van der Waals surface area (Å²) >= 11 is 1.84. The van der Waals surface area contributed by atoms with Crippen LogP contribution in [0.2, 0.25) is 0 Å². The standard InChI is InChI=1S/C17H24N4OS/c1-12-6-8-23-15(12)9-18-14-3-2-7-21(10-14)11-16-19-17(22-20-16)13-4-5-13/h6,8,13-14,18H,2-5,7,9-11H2,1H3/t14-/m0/s1. The lowest BCUT2D eigenvalue weighted by Crippen LogP contribution is -2.45. The Morgan fingerprint density at radius 1 is 1.39 bits per heavy atom. The van der Waals surface area contributed by atoms with Crippen molar-refractivity contribution >= 4 is 11.3 Å². The molecule has 0 aromatic carbocycles. The fourth-order valence-electron chi connectivity index (χ4n) is 3.22. The Morgan fingerprint density at radius 2 is 2.30 bits per heavy atom. The van der Waals surface area contributed by atoms with Crippen LogP contribution in [-0.2, 0) is 13.1 Å². The van der Waals surface area contributed by atoms with Gasteiger partial charge in [-0.25, -0.2) is 0 Å². The van der Waals surface area contributed by atoms with E-state index in [-0.39, 0.29) is 0 Å². The van der Waals surface area contributed by atoms with Gasteiger partial charge in [-0.2, -0.15) is 4.98 Å². The molecular weight excluding hydrogens is 308 g/mol. The molecule has 1 aliphatic carbocycles. The number of hydrogen-bond acceptors (Lipinski definition) is 6. The van der Waals surface area contributed by atoms with Crippen molar-refractivity contribution in [3.8, 4) is 0 Å². The lowest BCUT2D eigenvalue weighted by atomic mass is 10.1. The third kappa shape index (κ3) is 3.82. The normalized spacial score (nSPS) is 22.6. The van der Waals surface area contributed by atoms with E-state index in [1.807, 2.05) is 11.3 Å². The summed E-state index contributed by atoms with van der Waals surface area (Å²) in [5.74, 6) is 2.24. The zero-order valence-electron chi connectivity index (χ0n) is 13.6. The average Bonchev–Trinajstić information content (AvgIpc) is 3.17. The van der Waals surface area contributed by atoms with Crippen molar-refractivity contribution in [2.75, 3.05) is 13.1 Å². The van der Waals surface area contributed by atoms with Crippen LogP contribution in [0.5, 0.6) is 0 Å². The molecule has 2 aliphatic rings. The van der Waals surface area contributed by atoms with Crippen molar-refractivity contribution in [2.24, 2.45) is 0 Å². The predicted octanol–water partition coefficient (Wildman–Crippen LogP) is 3.07. The maximum Gasteiger partial charge on any atom is 0.229 e. The quantitative estimate of drug-likeness (QED) is 0.881. The van der Waals surface area contributed by atoms with Crippen molar-refractivity contribution < 1.29 is 4.52 Å². The van der Waals surface area contributed by atoms with Gasteiger partial charge in [0.05, 0.1) is 6.54 Å². The molecule has 6 heteroatoms. The highest BCUT2D eigenvalue weighted by molar-refractivity contribution is 7.10. The van der Waals surface area contributed by atoms with Gasteiger partial charge in [-0.1, -0.05) is 5.16 Å². The number of nitrogens with one attached hydrogen (secondary N) is 1. The second-order valence-electron chi connectivity index (χ2n) is 6.81. The van der Waals surface area contributed by atoms with E-state index in [4.69, 9.17) is 4.52 Å². The monoisotopic (exact) mass is 332 g/mol. The van der Waals surface area contributed by atoms with Gasteiger partial charge >= 0.3 is 0 Å². The third-order valence-electron chi connectivity index (χ3n) is 4.80. The number of aryl methyl sites for hydroxylation is 1. The van der Waals surface area contributed by atoms with E-state index in [9.17, 15) is 0 Å². The summed E-state index contributed by atoms with van der Waals surface area (Å²) in [6.45, 7) is 6.18. The summed E-state index contributed by atoms with van der Waals surface area (Å²) in [4.78, 5) is 8.45. The first-order valence-electron chi connectivity index (χ1n) is 8.59. The molecule has 23 heavy (non-hydrogen) atoms. The SMILES string of the molecule is Cc1ccsc1CN[C@H]1CCCN(Cc2noc(C3CC3)n2)C1. The van der Waals surface area contributed by atoms with Gasteiger partial charge in [-0.15, -0.1) is 11.3 Å². The maximum absolute atomic E-state index is 5.36. The lowest BCUT2D eigenvalue weighted by Gasteiger charge is -2.32. The maximum atomic E-state index is 5.36. The smallest absolute Gasteiger partial charge is 0.229 e. The summed E-state index contributed by atoms with van der Waals surface area (Å²) in [5.41, 5.74) is 1.40. The molecule has 4 rings (SSSR count). The van der Waals surface area contributed by atoms with Gasteiger partial charge in [0.15, 0.2) is 5.82 Å². The number of nitrogens with zero attached hydrogens (tertiary/aromatic N) is 3. The Morgan fingerprint density at radius 3 is 3.09 bits per heavy atom. The molecule has 0 bridgehead atoms. The Balaban J connectivity index is 1.28. The number of piperidine rings is 1. The molecule has 1 aliphatic heterocycles. The van der Waals surface area contributed by atoms with Crippen LogP contribution in [0, 0.1) is 6.92 Å². The van der Waals surface area contributed by atoms with E-state index in [1.54, 1.807) is 0 Å². The van der Waals surface area contributed by atoms with Crippen LogP contribution < -0.4 is 5.32 Å². The minimum atomic E-state index is 0.543. The minimum absolute atomic E-state index is 0.543. The van der Waals surface area contributed by atoms with Crippen LogP contribution in [0.25, 0.3) is 0 Å². The zero-order chi connectivity index (χ0) is 15.6. The Bertz CT molecular complexity index is 649. The van der Waals surface area contributed by atoms with E-state index in [0.29, 0.717) is 12.0 Å². The Hall–Kier alpha value is -1.24. The molecule has 0 amide bonds. The van der Waals surface area contributed by atoms with Crippen LogP contribution in [0.4, 0.5) is 0 Å². The number of hydrogen-bond donors (Lipinski definition) is 1. The highest BCUT2D eigenvalue weighted by atomic mass is 32.1. The number of thiophene rings is 1. The average molecular weight is 332 g/mol. The molecule has 1 N–H and O–H groups in total. The Kier molecular flexibility index (Phi) is 4.46. The summed E-state index contributed by atoms with van der Waals surface area (Å²) in [6, 6.07) is 2.75. The molecule has 1 saturated carbocycles. The van der Waals surface area contributed by atoms with Gasteiger partial charge in [0.2, 0.25) is 5.89 Å². The predicted molar refractivity (Wildman–Crippen MR) is 90.5 cm³/mol. The number of rotatable bonds is 6. The van der Waals surface area contributed by atoms with Crippen LogP contribution >= 0.6 is 11.3 Å². The summed E-state index contributed by atoms with van der Waals surface area (Å²) in [7, 11) is 0. The van der Waals surface area contributed by atoms with Gasteiger partial charge in [0.1, 0.15) is 0 Å². The lowest BCUT2D eigenvalue weighted by molar-refractivity contribution is 0.177. The first-order valence-corrected chi connectivity index (χ1v) is 9.47. The molecule has 124 valence electrons. The molecule has 3 heterocycles. The molecule has 2 fully saturated rings. The van der Waals surface area contributed by atoms with Gasteiger partial charge in [0.25, 0.3) is 0 Å². The fraction of sp³-hybridized carbons (Fsp3) is 0.647. The van der Waals surface area contributed by atoms with Gasteiger partial charge < -0.3 is 9.84 Å². The molecule has 0 radical (unpaired) electrons. The second kappa shape index (κ2) is 6.71. The zero-order valence-corrected chi connectivity index (χ0v) is 14.4. The molecule has 2 aromatic heterocycles. The van der Waals surface area contributed by atoms with Crippen molar-refractivity contribution in [2.45, 2.75) is 57.7 Å². The fourth-order valence-corrected chi connectivity index (χ4v) is 4.07. The first kappa shape index (κ1) is 15.3. The number of aromatic nitrogens is 2. The van der Waals surface area contributed by atoms with Gasteiger partial charge in [-0.05, 0) is 56.2 Å². The van der Waals surface area contributed by atoms with E-state index in [1.165, 1.54) is 36.1 Å². The van der Waals surface area contributed by atoms with E-state index < -0.39 is 0 Å². The van der Waals surface area contributed by atoms with E-state index >= 15 is 0 Å². The van der Waals surface area contributed by atoms with Crippen molar-refractivity contribution in [1.29, 1.82) is 0 Å². The topological polar surface area (TPSA) is 54.2 Å². The van der Waals surface area contributed by atoms with Crippen molar-refractivity contribution in [3.05, 3.63) is 33.6 Å². The molecule has 0 unspecified atom stereocenters. The largest absolute Gasteiger partial charge is 0.339 e. The molecule has 0 spiro atoms. The first-order chi connectivity index (χ1) is 11.3.